The highest BCUT2D eigenvalue weighted by Gasteiger charge is 2.43. The highest BCUT2D eigenvalue weighted by atomic mass is 15.4. The molecule has 0 aliphatic carbocycles. The first-order valence-electron chi connectivity index (χ1n) is 8.93. The molecule has 4 aliphatic heterocycles. The minimum Gasteiger partial charge on any atom is -0.306 e. The summed E-state index contributed by atoms with van der Waals surface area (Å²) in [5.74, 6) is 0.942. The van der Waals surface area contributed by atoms with E-state index in [4.69, 9.17) is 0 Å². The van der Waals surface area contributed by atoms with E-state index in [2.05, 4.69) is 28.7 Å². The molecule has 0 aromatic carbocycles. The molecule has 2 bridgehead atoms. The second-order valence-electron chi connectivity index (χ2n) is 6.01. The molecule has 20 heavy (non-hydrogen) atoms. The van der Waals surface area contributed by atoms with Gasteiger partial charge in [-0.2, -0.15) is 0 Å². The van der Waals surface area contributed by atoms with Crippen molar-refractivity contribution in [3.63, 3.8) is 0 Å². The van der Waals surface area contributed by atoms with E-state index in [1.54, 1.807) is 0 Å². The van der Waals surface area contributed by atoms with Crippen LogP contribution in [0.2, 0.25) is 0 Å². The van der Waals surface area contributed by atoms with E-state index in [-0.39, 0.29) is 0 Å². The van der Waals surface area contributed by atoms with Gasteiger partial charge in [-0.1, -0.05) is 34.6 Å². The number of likely N-dealkylation sites (N-methyl/N-ethyl adjacent to an activating group) is 1. The van der Waals surface area contributed by atoms with Gasteiger partial charge in [0.05, 0.1) is 0 Å². The van der Waals surface area contributed by atoms with Crippen LogP contribution in [0.3, 0.4) is 0 Å². The summed E-state index contributed by atoms with van der Waals surface area (Å²) in [5.41, 5.74) is 0. The van der Waals surface area contributed by atoms with E-state index < -0.39 is 0 Å². The van der Waals surface area contributed by atoms with Crippen molar-refractivity contribution in [2.75, 3.05) is 46.3 Å². The molecule has 3 heteroatoms. The lowest BCUT2D eigenvalue weighted by molar-refractivity contribution is -0.0686. The van der Waals surface area contributed by atoms with Gasteiger partial charge in [-0.05, 0) is 38.9 Å². The summed E-state index contributed by atoms with van der Waals surface area (Å²) in [6, 6.07) is 1.78. The van der Waals surface area contributed by atoms with E-state index in [9.17, 15) is 0 Å². The molecule has 0 aromatic heterocycles. The summed E-state index contributed by atoms with van der Waals surface area (Å²) in [6.07, 6.45) is 2.88. The van der Waals surface area contributed by atoms with Crippen LogP contribution in [-0.2, 0) is 0 Å². The van der Waals surface area contributed by atoms with Gasteiger partial charge in [0, 0.05) is 38.3 Å². The molecular formula is C17H37N3. The average Bonchev–Trinajstić information content (AvgIpc) is 2.89. The molecule has 4 heterocycles. The minimum absolute atomic E-state index is 0.892. The predicted molar refractivity (Wildman–Crippen MR) is 89.3 cm³/mol. The third-order valence-electron chi connectivity index (χ3n) is 4.79. The predicted octanol–water partition coefficient (Wildman–Crippen LogP) is 2.77. The van der Waals surface area contributed by atoms with Gasteiger partial charge in [0.15, 0.2) is 0 Å². The zero-order valence-corrected chi connectivity index (χ0v) is 14.7. The summed E-state index contributed by atoms with van der Waals surface area (Å²) in [4.78, 5) is 7.90. The molecule has 0 amide bonds. The molecule has 4 aliphatic rings. The molecule has 120 valence electrons. The minimum atomic E-state index is 0.892. The molecule has 4 saturated heterocycles. The summed E-state index contributed by atoms with van der Waals surface area (Å²) < 4.78 is 0. The van der Waals surface area contributed by atoms with Crippen molar-refractivity contribution in [1.29, 1.82) is 0 Å². The van der Waals surface area contributed by atoms with E-state index in [0.29, 0.717) is 0 Å². The summed E-state index contributed by atoms with van der Waals surface area (Å²) in [6.45, 7) is 18.2. The van der Waals surface area contributed by atoms with Crippen LogP contribution in [0, 0.1) is 5.92 Å². The molecule has 3 atom stereocenters. The molecule has 4 fully saturated rings. The van der Waals surface area contributed by atoms with E-state index in [1.165, 1.54) is 52.1 Å². The summed E-state index contributed by atoms with van der Waals surface area (Å²) >= 11 is 0. The lowest BCUT2D eigenvalue weighted by Crippen LogP contribution is -2.68. The van der Waals surface area contributed by atoms with Gasteiger partial charge in [-0.15, -0.1) is 0 Å². The van der Waals surface area contributed by atoms with Crippen molar-refractivity contribution < 1.29 is 0 Å². The maximum Gasteiger partial charge on any atom is 0.0241 e. The molecule has 0 aromatic rings. The Morgan fingerprint density at radius 2 is 1.55 bits per heavy atom. The number of fused-ring (bicyclic) bond motifs is 2. The Balaban J connectivity index is 0.000000461. The Kier molecular flexibility index (Phi) is 8.08. The number of hydrogen-bond donors (Lipinski definition) is 0. The topological polar surface area (TPSA) is 9.72 Å². The fraction of sp³-hybridized carbons (Fsp3) is 1.00. The van der Waals surface area contributed by atoms with E-state index in [1.807, 2.05) is 27.7 Å². The van der Waals surface area contributed by atoms with Gasteiger partial charge in [0.25, 0.3) is 0 Å². The van der Waals surface area contributed by atoms with Crippen LogP contribution in [0.1, 0.15) is 47.5 Å². The van der Waals surface area contributed by atoms with Gasteiger partial charge in [-0.25, -0.2) is 0 Å². The van der Waals surface area contributed by atoms with Crippen LogP contribution >= 0.6 is 0 Å². The lowest BCUT2D eigenvalue weighted by Gasteiger charge is -2.56. The molecule has 3 unspecified atom stereocenters. The quantitative estimate of drug-likeness (QED) is 0.788. The van der Waals surface area contributed by atoms with Crippen LogP contribution in [0.25, 0.3) is 0 Å². The standard InChI is InChI=1S/C13H25N3.2C2H6/c1-3-16-12-6-13(16)10-15(9-12)8-11-4-5-14(2)7-11;2*1-2/h11-13H,3-10H2,1-2H3;2*1-2H3. The Morgan fingerprint density at radius 1 is 0.950 bits per heavy atom. The average molecular weight is 284 g/mol. The zero-order chi connectivity index (χ0) is 15.1. The SMILES string of the molecule is CC.CC.CCN1C2CC1CN(CC1CCN(C)C1)C2. The van der Waals surface area contributed by atoms with Crippen LogP contribution in [0.5, 0.6) is 0 Å². The monoisotopic (exact) mass is 283 g/mol. The van der Waals surface area contributed by atoms with Crippen molar-refractivity contribution in [3.05, 3.63) is 0 Å². The third-order valence-corrected chi connectivity index (χ3v) is 4.79. The largest absolute Gasteiger partial charge is 0.306 e. The van der Waals surface area contributed by atoms with E-state index >= 15 is 0 Å². The zero-order valence-electron chi connectivity index (χ0n) is 14.7. The Bertz CT molecular complexity index is 245. The molecule has 4 rings (SSSR count). The molecule has 0 spiro atoms. The van der Waals surface area contributed by atoms with Gasteiger partial charge in [-0.3, -0.25) is 9.80 Å². The lowest BCUT2D eigenvalue weighted by atomic mass is 9.87. The number of piperazine rings is 1. The Morgan fingerprint density at radius 3 is 2.00 bits per heavy atom. The fourth-order valence-corrected chi connectivity index (χ4v) is 3.98. The molecular weight excluding hydrogens is 246 g/mol. The molecule has 0 saturated carbocycles. The highest BCUT2D eigenvalue weighted by molar-refractivity contribution is 5.00. The smallest absolute Gasteiger partial charge is 0.0241 e. The van der Waals surface area contributed by atoms with Crippen molar-refractivity contribution in [2.45, 2.75) is 59.5 Å². The summed E-state index contributed by atoms with van der Waals surface area (Å²) in [7, 11) is 2.26. The van der Waals surface area contributed by atoms with E-state index in [0.717, 1.165) is 18.0 Å². The second kappa shape index (κ2) is 9.01. The van der Waals surface area contributed by atoms with Gasteiger partial charge >= 0.3 is 0 Å². The normalized spacial score (nSPS) is 33.6. The maximum atomic E-state index is 2.73. The number of piperidine rings is 1. The Labute approximate surface area is 127 Å². The molecule has 3 nitrogen and oxygen atoms in total. The number of hydrogen-bond acceptors (Lipinski definition) is 3. The van der Waals surface area contributed by atoms with Crippen LogP contribution in [-0.4, -0.2) is 73.1 Å². The number of nitrogens with zero attached hydrogens (tertiary/aromatic N) is 3. The highest BCUT2D eigenvalue weighted by Crippen LogP contribution is 2.32. The molecule has 0 N–H and O–H groups in total. The van der Waals surface area contributed by atoms with Crippen molar-refractivity contribution in [3.8, 4) is 0 Å². The second-order valence-corrected chi connectivity index (χ2v) is 6.01. The van der Waals surface area contributed by atoms with Crippen LogP contribution < -0.4 is 0 Å². The fourth-order valence-electron chi connectivity index (χ4n) is 3.98. The van der Waals surface area contributed by atoms with Gasteiger partial charge in [0.2, 0.25) is 0 Å². The molecule has 0 radical (unpaired) electrons. The van der Waals surface area contributed by atoms with Crippen molar-refractivity contribution >= 4 is 0 Å². The first-order valence-corrected chi connectivity index (χ1v) is 8.93. The van der Waals surface area contributed by atoms with Crippen molar-refractivity contribution in [2.24, 2.45) is 5.92 Å². The number of likely N-dealkylation sites (tertiary alicyclic amines) is 1. The van der Waals surface area contributed by atoms with Crippen molar-refractivity contribution in [1.82, 2.24) is 14.7 Å². The first-order chi connectivity index (χ1) is 9.76. The van der Waals surface area contributed by atoms with Gasteiger partial charge < -0.3 is 4.90 Å². The number of rotatable bonds is 3. The Hall–Kier alpha value is -0.120. The van der Waals surface area contributed by atoms with Crippen LogP contribution in [0.4, 0.5) is 0 Å². The van der Waals surface area contributed by atoms with Gasteiger partial charge in [0.1, 0.15) is 0 Å². The first kappa shape index (κ1) is 17.9. The third kappa shape index (κ3) is 4.19. The maximum absolute atomic E-state index is 2.73. The van der Waals surface area contributed by atoms with Crippen LogP contribution in [0.15, 0.2) is 0 Å². The summed E-state index contributed by atoms with van der Waals surface area (Å²) in [5, 5.41) is 0.